The maximum Gasteiger partial charge on any atom is 0.270 e. The zero-order valence-corrected chi connectivity index (χ0v) is 13.3. The van der Waals surface area contributed by atoms with E-state index in [2.05, 4.69) is 5.32 Å². The SMILES string of the molecule is Cc1cc([N+](=O)[O-])cc(C)c1NC(=O)c1cc(Cl)ccc1Cl. The number of nitrogens with zero attached hydrogens (tertiary/aromatic N) is 1. The number of nitro groups is 1. The van der Waals surface area contributed by atoms with E-state index in [9.17, 15) is 14.9 Å². The molecular weight excluding hydrogens is 327 g/mol. The van der Waals surface area contributed by atoms with E-state index < -0.39 is 10.8 Å². The summed E-state index contributed by atoms with van der Waals surface area (Å²) >= 11 is 11.9. The lowest BCUT2D eigenvalue weighted by atomic mass is 10.1. The summed E-state index contributed by atoms with van der Waals surface area (Å²) in [6.07, 6.45) is 0. The summed E-state index contributed by atoms with van der Waals surface area (Å²) < 4.78 is 0. The van der Waals surface area contributed by atoms with Gasteiger partial charge in [-0.25, -0.2) is 0 Å². The number of hydrogen-bond donors (Lipinski definition) is 1. The third-order valence-electron chi connectivity index (χ3n) is 3.14. The largest absolute Gasteiger partial charge is 0.321 e. The summed E-state index contributed by atoms with van der Waals surface area (Å²) in [4.78, 5) is 22.7. The van der Waals surface area contributed by atoms with E-state index in [1.165, 1.54) is 24.3 Å². The Kier molecular flexibility index (Phi) is 4.68. The van der Waals surface area contributed by atoms with E-state index in [0.29, 0.717) is 21.8 Å². The van der Waals surface area contributed by atoms with Crippen molar-refractivity contribution in [1.82, 2.24) is 0 Å². The summed E-state index contributed by atoms with van der Waals surface area (Å²) in [6, 6.07) is 7.40. The number of halogens is 2. The van der Waals surface area contributed by atoms with Gasteiger partial charge in [-0.3, -0.25) is 14.9 Å². The topological polar surface area (TPSA) is 72.2 Å². The zero-order chi connectivity index (χ0) is 16.4. The average Bonchev–Trinajstić information content (AvgIpc) is 2.44. The Bertz CT molecular complexity index is 752. The number of rotatable bonds is 3. The summed E-state index contributed by atoms with van der Waals surface area (Å²) in [5.41, 5.74) is 1.93. The average molecular weight is 339 g/mol. The minimum Gasteiger partial charge on any atom is -0.321 e. The van der Waals surface area contributed by atoms with E-state index in [4.69, 9.17) is 23.2 Å². The van der Waals surface area contributed by atoms with Gasteiger partial charge in [-0.15, -0.1) is 0 Å². The molecule has 1 N–H and O–H groups in total. The van der Waals surface area contributed by atoms with Gasteiger partial charge in [0.25, 0.3) is 11.6 Å². The standard InChI is InChI=1S/C15H12Cl2N2O3/c1-8-5-11(19(21)22)6-9(2)14(8)18-15(20)12-7-10(16)3-4-13(12)17/h3-7H,1-2H3,(H,18,20). The quantitative estimate of drug-likeness (QED) is 0.647. The number of nitro benzene ring substituents is 1. The van der Waals surface area contributed by atoms with Gasteiger partial charge in [0.15, 0.2) is 0 Å². The molecule has 0 saturated carbocycles. The maximum atomic E-state index is 12.3. The number of hydrogen-bond acceptors (Lipinski definition) is 3. The molecule has 114 valence electrons. The van der Waals surface area contributed by atoms with Crippen LogP contribution in [0.5, 0.6) is 0 Å². The minimum absolute atomic E-state index is 0.0196. The summed E-state index contributed by atoms with van der Waals surface area (Å²) in [5.74, 6) is -0.424. The van der Waals surface area contributed by atoms with Crippen LogP contribution in [0.2, 0.25) is 10.0 Å². The van der Waals surface area contributed by atoms with Crippen LogP contribution in [0, 0.1) is 24.0 Å². The molecular formula is C15H12Cl2N2O3. The summed E-state index contributed by atoms with van der Waals surface area (Å²) in [7, 11) is 0. The number of anilines is 1. The molecule has 0 aliphatic heterocycles. The highest BCUT2D eigenvalue weighted by Gasteiger charge is 2.16. The van der Waals surface area contributed by atoms with Crippen LogP contribution in [0.3, 0.4) is 0 Å². The second-order valence-corrected chi connectivity index (χ2v) is 5.63. The molecule has 0 fully saturated rings. The molecule has 0 heterocycles. The van der Waals surface area contributed by atoms with Gasteiger partial charge in [-0.1, -0.05) is 23.2 Å². The van der Waals surface area contributed by atoms with Crippen LogP contribution in [0.25, 0.3) is 0 Å². The molecule has 0 spiro atoms. The second-order valence-electron chi connectivity index (χ2n) is 4.79. The zero-order valence-electron chi connectivity index (χ0n) is 11.8. The molecule has 7 heteroatoms. The van der Waals surface area contributed by atoms with Crippen LogP contribution >= 0.6 is 23.2 Å². The van der Waals surface area contributed by atoms with Crippen molar-refractivity contribution in [3.05, 3.63) is 67.2 Å². The second kappa shape index (κ2) is 6.34. The molecule has 0 bridgehead atoms. The Hall–Kier alpha value is -2.11. The predicted molar refractivity (Wildman–Crippen MR) is 87.0 cm³/mol. The van der Waals surface area contributed by atoms with E-state index >= 15 is 0 Å². The third kappa shape index (κ3) is 3.37. The van der Waals surface area contributed by atoms with Crippen molar-refractivity contribution in [1.29, 1.82) is 0 Å². The Morgan fingerprint density at radius 2 is 1.73 bits per heavy atom. The number of benzene rings is 2. The predicted octanol–water partition coefficient (Wildman–Crippen LogP) is 4.77. The number of aryl methyl sites for hydroxylation is 2. The summed E-state index contributed by atoms with van der Waals surface area (Å²) in [5, 5.41) is 14.2. The molecule has 0 radical (unpaired) electrons. The normalized spacial score (nSPS) is 10.4. The molecule has 0 aliphatic carbocycles. The first-order valence-corrected chi connectivity index (χ1v) is 7.07. The first kappa shape index (κ1) is 16.3. The van der Waals surface area contributed by atoms with Crippen molar-refractivity contribution >= 4 is 40.5 Å². The van der Waals surface area contributed by atoms with Crippen molar-refractivity contribution in [3.63, 3.8) is 0 Å². The monoisotopic (exact) mass is 338 g/mol. The van der Waals surface area contributed by atoms with Crippen molar-refractivity contribution in [2.24, 2.45) is 0 Å². The highest BCUT2D eigenvalue weighted by atomic mass is 35.5. The molecule has 2 aromatic carbocycles. The van der Waals surface area contributed by atoms with E-state index in [-0.39, 0.29) is 16.3 Å². The molecule has 0 saturated heterocycles. The van der Waals surface area contributed by atoms with Crippen LogP contribution in [-0.2, 0) is 0 Å². The smallest absolute Gasteiger partial charge is 0.270 e. The fourth-order valence-electron chi connectivity index (χ4n) is 2.10. The lowest BCUT2D eigenvalue weighted by Crippen LogP contribution is -2.14. The van der Waals surface area contributed by atoms with Gasteiger partial charge in [0.1, 0.15) is 0 Å². The molecule has 0 aliphatic rings. The molecule has 1 amide bonds. The van der Waals surface area contributed by atoms with Gasteiger partial charge in [-0.05, 0) is 43.2 Å². The Morgan fingerprint density at radius 1 is 1.14 bits per heavy atom. The molecule has 22 heavy (non-hydrogen) atoms. The number of non-ortho nitro benzene ring substituents is 1. The van der Waals surface area contributed by atoms with E-state index in [1.54, 1.807) is 19.9 Å². The Balaban J connectivity index is 2.36. The van der Waals surface area contributed by atoms with Gasteiger partial charge in [-0.2, -0.15) is 0 Å². The first-order chi connectivity index (χ1) is 10.3. The van der Waals surface area contributed by atoms with Crippen molar-refractivity contribution < 1.29 is 9.72 Å². The van der Waals surface area contributed by atoms with Crippen LogP contribution in [0.15, 0.2) is 30.3 Å². The van der Waals surface area contributed by atoms with Crippen LogP contribution in [0.1, 0.15) is 21.5 Å². The number of carbonyl (C=O) groups is 1. The van der Waals surface area contributed by atoms with Gasteiger partial charge in [0.05, 0.1) is 15.5 Å². The Morgan fingerprint density at radius 3 is 2.27 bits per heavy atom. The van der Waals surface area contributed by atoms with Gasteiger partial charge in [0, 0.05) is 22.8 Å². The van der Waals surface area contributed by atoms with Crippen LogP contribution < -0.4 is 5.32 Å². The van der Waals surface area contributed by atoms with Crippen molar-refractivity contribution in [2.75, 3.05) is 5.32 Å². The lowest BCUT2D eigenvalue weighted by Gasteiger charge is -2.12. The lowest BCUT2D eigenvalue weighted by molar-refractivity contribution is -0.384. The minimum atomic E-state index is -0.473. The molecule has 2 aromatic rings. The number of carbonyl (C=O) groups excluding carboxylic acids is 1. The molecule has 2 rings (SSSR count). The van der Waals surface area contributed by atoms with E-state index in [0.717, 1.165) is 0 Å². The van der Waals surface area contributed by atoms with Crippen molar-refractivity contribution in [2.45, 2.75) is 13.8 Å². The molecule has 0 aromatic heterocycles. The molecule has 0 atom stereocenters. The van der Waals surface area contributed by atoms with Gasteiger partial charge >= 0.3 is 0 Å². The van der Waals surface area contributed by atoms with E-state index in [1.807, 2.05) is 0 Å². The first-order valence-electron chi connectivity index (χ1n) is 6.31. The Labute approximate surface area is 137 Å². The summed E-state index contributed by atoms with van der Waals surface area (Å²) in [6.45, 7) is 3.38. The fraction of sp³-hybridized carbons (Fsp3) is 0.133. The van der Waals surface area contributed by atoms with Crippen LogP contribution in [-0.4, -0.2) is 10.8 Å². The third-order valence-corrected chi connectivity index (χ3v) is 3.70. The van der Waals surface area contributed by atoms with Crippen molar-refractivity contribution in [3.8, 4) is 0 Å². The van der Waals surface area contributed by atoms with Gasteiger partial charge in [0.2, 0.25) is 0 Å². The highest BCUT2D eigenvalue weighted by molar-refractivity contribution is 6.36. The number of nitrogens with one attached hydrogen (secondary N) is 1. The molecule has 5 nitrogen and oxygen atoms in total. The van der Waals surface area contributed by atoms with Gasteiger partial charge < -0.3 is 5.32 Å². The number of amides is 1. The molecule has 0 unspecified atom stereocenters. The maximum absolute atomic E-state index is 12.3. The highest BCUT2D eigenvalue weighted by Crippen LogP contribution is 2.28. The fourth-order valence-corrected chi connectivity index (χ4v) is 2.47. The van der Waals surface area contributed by atoms with Crippen LogP contribution in [0.4, 0.5) is 11.4 Å².